The number of methoxy groups -OCH3 is 2. The van der Waals surface area contributed by atoms with Gasteiger partial charge in [0.2, 0.25) is 0 Å². The van der Waals surface area contributed by atoms with Gasteiger partial charge in [0.25, 0.3) is 0 Å². The highest BCUT2D eigenvalue weighted by atomic mass is 32.2. The molecule has 0 radical (unpaired) electrons. The first kappa shape index (κ1) is 17.6. The Labute approximate surface area is 147 Å². The van der Waals surface area contributed by atoms with Gasteiger partial charge in [-0.2, -0.15) is 8.42 Å². The van der Waals surface area contributed by atoms with Gasteiger partial charge in [0.05, 0.1) is 14.2 Å². The molecule has 25 heavy (non-hydrogen) atoms. The molecule has 0 spiro atoms. The van der Waals surface area contributed by atoms with Crippen molar-refractivity contribution in [2.24, 2.45) is 0 Å². The van der Waals surface area contributed by atoms with E-state index in [1.165, 1.54) is 39.2 Å². The smallest absolute Gasteiger partial charge is 0.339 e. The molecule has 0 aromatic heterocycles. The molecule has 3 rings (SSSR count). The van der Waals surface area contributed by atoms with Crippen molar-refractivity contribution in [3.63, 3.8) is 0 Å². The molecule has 2 aromatic rings. The SMILES string of the molecule is COc1ccc(S(=O)(=O)Oc2cc(CNC3CC3)ccc2OC)cc1. The normalized spacial score (nSPS) is 14.2. The van der Waals surface area contributed by atoms with Crippen LogP contribution < -0.4 is 19.0 Å². The minimum Gasteiger partial charge on any atom is -0.497 e. The molecular formula is C18H21NO5S. The Hall–Kier alpha value is -2.25. The quantitative estimate of drug-likeness (QED) is 0.727. The monoisotopic (exact) mass is 363 g/mol. The van der Waals surface area contributed by atoms with Crippen LogP contribution >= 0.6 is 0 Å². The lowest BCUT2D eigenvalue weighted by molar-refractivity contribution is 0.390. The predicted molar refractivity (Wildman–Crippen MR) is 93.7 cm³/mol. The maximum absolute atomic E-state index is 12.5. The van der Waals surface area contributed by atoms with Crippen molar-refractivity contribution in [3.8, 4) is 17.2 Å². The Morgan fingerprint density at radius 3 is 2.32 bits per heavy atom. The van der Waals surface area contributed by atoms with E-state index < -0.39 is 10.1 Å². The summed E-state index contributed by atoms with van der Waals surface area (Å²) < 4.78 is 40.6. The van der Waals surface area contributed by atoms with E-state index in [1.54, 1.807) is 24.3 Å². The molecule has 1 aliphatic carbocycles. The van der Waals surface area contributed by atoms with E-state index in [4.69, 9.17) is 13.7 Å². The lowest BCUT2D eigenvalue weighted by Gasteiger charge is -2.13. The summed E-state index contributed by atoms with van der Waals surface area (Å²) in [4.78, 5) is 0.0526. The summed E-state index contributed by atoms with van der Waals surface area (Å²) in [6.45, 7) is 0.660. The third-order valence-corrected chi connectivity index (χ3v) is 5.20. The fourth-order valence-corrected chi connectivity index (χ4v) is 3.29. The first-order chi connectivity index (χ1) is 12.0. The summed E-state index contributed by atoms with van der Waals surface area (Å²) in [5, 5.41) is 3.39. The van der Waals surface area contributed by atoms with Gasteiger partial charge in [-0.25, -0.2) is 0 Å². The van der Waals surface area contributed by atoms with Gasteiger partial charge in [-0.3, -0.25) is 0 Å². The predicted octanol–water partition coefficient (Wildman–Crippen LogP) is 2.72. The van der Waals surface area contributed by atoms with Crippen LogP contribution in [0.25, 0.3) is 0 Å². The molecular weight excluding hydrogens is 342 g/mol. The van der Waals surface area contributed by atoms with E-state index in [0.717, 1.165) is 5.56 Å². The summed E-state index contributed by atoms with van der Waals surface area (Å²) >= 11 is 0. The van der Waals surface area contributed by atoms with Crippen LogP contribution in [0.15, 0.2) is 47.4 Å². The lowest BCUT2D eigenvalue weighted by Crippen LogP contribution is -2.15. The molecule has 0 amide bonds. The van der Waals surface area contributed by atoms with Gasteiger partial charge < -0.3 is 19.0 Å². The standard InChI is InChI=1S/C18H21NO5S/c1-22-15-6-8-16(9-7-15)25(20,21)24-18-11-13(3-10-17(18)23-2)12-19-14-4-5-14/h3,6-11,14,19H,4-5,12H2,1-2H3. The number of rotatable bonds is 8. The zero-order valence-corrected chi connectivity index (χ0v) is 15.0. The fraction of sp³-hybridized carbons (Fsp3) is 0.333. The molecule has 0 bridgehead atoms. The molecule has 0 heterocycles. The van der Waals surface area contributed by atoms with Crippen molar-refractivity contribution < 1.29 is 22.1 Å². The lowest BCUT2D eigenvalue weighted by atomic mass is 10.2. The zero-order valence-electron chi connectivity index (χ0n) is 14.2. The van der Waals surface area contributed by atoms with Crippen LogP contribution in [0.1, 0.15) is 18.4 Å². The molecule has 0 atom stereocenters. The third kappa shape index (κ3) is 4.43. The van der Waals surface area contributed by atoms with Gasteiger partial charge in [-0.15, -0.1) is 0 Å². The van der Waals surface area contributed by atoms with Crippen LogP contribution in [0.3, 0.4) is 0 Å². The van der Waals surface area contributed by atoms with E-state index in [2.05, 4.69) is 5.32 Å². The minimum atomic E-state index is -3.96. The Morgan fingerprint density at radius 1 is 1.00 bits per heavy atom. The number of hydrogen-bond acceptors (Lipinski definition) is 6. The van der Waals surface area contributed by atoms with E-state index in [9.17, 15) is 8.42 Å². The molecule has 1 saturated carbocycles. The largest absolute Gasteiger partial charge is 0.497 e. The second-order valence-corrected chi connectivity index (χ2v) is 7.40. The maximum Gasteiger partial charge on any atom is 0.339 e. The van der Waals surface area contributed by atoms with Crippen molar-refractivity contribution in [3.05, 3.63) is 48.0 Å². The van der Waals surface area contributed by atoms with E-state index in [0.29, 0.717) is 24.1 Å². The highest BCUT2D eigenvalue weighted by Gasteiger charge is 2.22. The number of ether oxygens (including phenoxy) is 2. The molecule has 134 valence electrons. The Kier molecular flexibility index (Phi) is 5.15. The average molecular weight is 363 g/mol. The van der Waals surface area contributed by atoms with Crippen LogP contribution in [0.5, 0.6) is 17.2 Å². The molecule has 1 aliphatic rings. The van der Waals surface area contributed by atoms with Gasteiger partial charge >= 0.3 is 10.1 Å². The second kappa shape index (κ2) is 7.33. The van der Waals surface area contributed by atoms with Gasteiger partial charge in [0.15, 0.2) is 11.5 Å². The van der Waals surface area contributed by atoms with Crippen LogP contribution in [-0.4, -0.2) is 28.7 Å². The van der Waals surface area contributed by atoms with Crippen molar-refractivity contribution in [1.29, 1.82) is 0 Å². The second-order valence-electron chi connectivity index (χ2n) is 5.85. The molecule has 1 N–H and O–H groups in total. The van der Waals surface area contributed by atoms with Crippen molar-refractivity contribution in [2.45, 2.75) is 30.3 Å². The highest BCUT2D eigenvalue weighted by Crippen LogP contribution is 2.31. The summed E-state index contributed by atoms with van der Waals surface area (Å²) in [5.74, 6) is 1.12. The maximum atomic E-state index is 12.5. The third-order valence-electron chi connectivity index (χ3n) is 3.95. The van der Waals surface area contributed by atoms with Gasteiger partial charge in [-0.05, 0) is 54.8 Å². The van der Waals surface area contributed by atoms with E-state index in [-0.39, 0.29) is 10.6 Å². The van der Waals surface area contributed by atoms with Crippen molar-refractivity contribution in [2.75, 3.05) is 14.2 Å². The molecule has 6 nitrogen and oxygen atoms in total. The molecule has 2 aromatic carbocycles. The zero-order chi connectivity index (χ0) is 17.9. The average Bonchev–Trinajstić information content (AvgIpc) is 3.44. The molecule has 0 unspecified atom stereocenters. The van der Waals surface area contributed by atoms with Crippen molar-refractivity contribution in [1.82, 2.24) is 5.32 Å². The Balaban J connectivity index is 1.81. The Bertz CT molecular complexity index is 829. The summed E-state index contributed by atoms with van der Waals surface area (Å²) in [6.07, 6.45) is 2.37. The summed E-state index contributed by atoms with van der Waals surface area (Å²) in [7, 11) is -0.966. The molecule has 0 aliphatic heterocycles. The fourth-order valence-electron chi connectivity index (χ4n) is 2.35. The minimum absolute atomic E-state index is 0.0526. The van der Waals surface area contributed by atoms with Gasteiger partial charge in [0.1, 0.15) is 10.6 Å². The number of hydrogen-bond donors (Lipinski definition) is 1. The summed E-state index contributed by atoms with van der Waals surface area (Å²) in [6, 6.07) is 11.9. The first-order valence-electron chi connectivity index (χ1n) is 8.00. The molecule has 1 fully saturated rings. The Morgan fingerprint density at radius 2 is 1.72 bits per heavy atom. The summed E-state index contributed by atoms with van der Waals surface area (Å²) in [5.41, 5.74) is 0.938. The molecule has 7 heteroatoms. The van der Waals surface area contributed by atoms with E-state index in [1.807, 2.05) is 6.07 Å². The van der Waals surface area contributed by atoms with Crippen molar-refractivity contribution >= 4 is 10.1 Å². The number of benzene rings is 2. The van der Waals surface area contributed by atoms with Gasteiger partial charge in [-0.1, -0.05) is 6.07 Å². The van der Waals surface area contributed by atoms with Crippen LogP contribution in [0, 0.1) is 0 Å². The van der Waals surface area contributed by atoms with Crippen LogP contribution in [0.2, 0.25) is 0 Å². The first-order valence-corrected chi connectivity index (χ1v) is 9.41. The topological polar surface area (TPSA) is 73.9 Å². The van der Waals surface area contributed by atoms with E-state index >= 15 is 0 Å². The number of nitrogens with one attached hydrogen (secondary N) is 1. The van der Waals surface area contributed by atoms with Crippen LogP contribution in [-0.2, 0) is 16.7 Å². The van der Waals surface area contributed by atoms with Gasteiger partial charge in [0, 0.05) is 12.6 Å². The van der Waals surface area contributed by atoms with Crippen LogP contribution in [0.4, 0.5) is 0 Å². The molecule has 0 saturated heterocycles. The highest BCUT2D eigenvalue weighted by molar-refractivity contribution is 7.87.